The highest BCUT2D eigenvalue weighted by molar-refractivity contribution is 7.09. The van der Waals surface area contributed by atoms with Crippen LogP contribution in [0.25, 0.3) is 0 Å². The van der Waals surface area contributed by atoms with E-state index in [0.29, 0.717) is 0 Å². The smallest absolute Gasteiger partial charge is 0.210 e. The van der Waals surface area contributed by atoms with Crippen molar-refractivity contribution in [3.05, 3.63) is 15.4 Å². The van der Waals surface area contributed by atoms with Gasteiger partial charge in [0.15, 0.2) is 0 Å². The maximum Gasteiger partial charge on any atom is 0.210 e. The largest absolute Gasteiger partial charge is 0.322 e. The predicted octanol–water partition coefficient (Wildman–Crippen LogP) is 2.26. The second-order valence-corrected chi connectivity index (χ2v) is 5.23. The van der Waals surface area contributed by atoms with Crippen LogP contribution in [0.4, 0.5) is 0 Å². The van der Waals surface area contributed by atoms with Gasteiger partial charge in [-0.25, -0.2) is 0 Å². The van der Waals surface area contributed by atoms with Crippen molar-refractivity contribution in [3.8, 4) is 0 Å². The average molecular weight is 223 g/mol. The number of hydrogen-bond acceptors (Lipinski definition) is 3. The first kappa shape index (κ1) is 10.6. The van der Waals surface area contributed by atoms with Crippen molar-refractivity contribution < 1.29 is 0 Å². The minimum atomic E-state index is 1.00. The van der Waals surface area contributed by atoms with Gasteiger partial charge in [0.2, 0.25) is 4.80 Å². The van der Waals surface area contributed by atoms with Gasteiger partial charge in [0, 0.05) is 23.3 Å². The van der Waals surface area contributed by atoms with Gasteiger partial charge in [-0.15, -0.1) is 5.10 Å². The van der Waals surface area contributed by atoms with E-state index in [4.69, 9.17) is 0 Å². The Morgan fingerprint density at radius 1 is 1.27 bits per heavy atom. The maximum atomic E-state index is 4.28. The number of aromatic nitrogens is 1. The van der Waals surface area contributed by atoms with Gasteiger partial charge in [-0.2, -0.15) is 5.10 Å². The summed E-state index contributed by atoms with van der Waals surface area (Å²) in [5.41, 5.74) is 2.47. The van der Waals surface area contributed by atoms with E-state index >= 15 is 0 Å². The van der Waals surface area contributed by atoms with Crippen molar-refractivity contribution in [3.63, 3.8) is 0 Å². The van der Waals surface area contributed by atoms with Crippen molar-refractivity contribution in [2.24, 2.45) is 17.3 Å². The van der Waals surface area contributed by atoms with Gasteiger partial charge in [-0.05, 0) is 39.5 Å². The third kappa shape index (κ3) is 2.20. The molecule has 1 aliphatic carbocycles. The molecule has 82 valence electrons. The molecule has 15 heavy (non-hydrogen) atoms. The van der Waals surface area contributed by atoms with Crippen LogP contribution in [0.2, 0.25) is 0 Å². The Bertz CT molecular complexity index is 447. The predicted molar refractivity (Wildman–Crippen MR) is 64.3 cm³/mol. The van der Waals surface area contributed by atoms with E-state index in [1.165, 1.54) is 36.3 Å². The standard InChI is InChI=1S/C11H17N3S/c1-8(2)12-13-11-14(3)9-6-4-5-7-10(9)15-11/h4-7H2,1-3H3/b13-11-. The Morgan fingerprint density at radius 3 is 2.67 bits per heavy atom. The SMILES string of the molecule is CC(C)=N/N=c1\sc2c(n1C)CCCC2. The van der Waals surface area contributed by atoms with Crippen LogP contribution in [0.15, 0.2) is 10.2 Å². The summed E-state index contributed by atoms with van der Waals surface area (Å²) in [6.45, 7) is 3.94. The highest BCUT2D eigenvalue weighted by Crippen LogP contribution is 2.22. The van der Waals surface area contributed by atoms with Crippen LogP contribution >= 0.6 is 11.3 Å². The van der Waals surface area contributed by atoms with Crippen LogP contribution < -0.4 is 4.80 Å². The lowest BCUT2D eigenvalue weighted by Gasteiger charge is -2.10. The molecule has 1 heterocycles. The molecule has 0 aromatic carbocycles. The van der Waals surface area contributed by atoms with E-state index in [1.54, 1.807) is 11.3 Å². The van der Waals surface area contributed by atoms with Gasteiger partial charge in [-0.1, -0.05) is 11.3 Å². The fraction of sp³-hybridized carbons (Fsp3) is 0.636. The minimum absolute atomic E-state index is 1.00. The Morgan fingerprint density at radius 2 is 2.00 bits per heavy atom. The molecule has 0 saturated heterocycles. The van der Waals surface area contributed by atoms with Crippen LogP contribution in [-0.4, -0.2) is 10.3 Å². The molecule has 1 aromatic heterocycles. The summed E-state index contributed by atoms with van der Waals surface area (Å²) in [6.07, 6.45) is 5.06. The van der Waals surface area contributed by atoms with E-state index < -0.39 is 0 Å². The van der Waals surface area contributed by atoms with Crippen molar-refractivity contribution in [1.82, 2.24) is 4.57 Å². The number of thiazole rings is 1. The first-order valence-corrected chi connectivity index (χ1v) is 6.22. The number of nitrogens with zero attached hydrogens (tertiary/aromatic N) is 3. The minimum Gasteiger partial charge on any atom is -0.322 e. The zero-order chi connectivity index (χ0) is 10.8. The third-order valence-electron chi connectivity index (χ3n) is 2.63. The normalized spacial score (nSPS) is 16.3. The second kappa shape index (κ2) is 4.31. The summed E-state index contributed by atoms with van der Waals surface area (Å²) in [5.74, 6) is 0. The molecule has 0 fully saturated rings. The molecular formula is C11H17N3S. The first-order chi connectivity index (χ1) is 7.18. The molecule has 0 saturated carbocycles. The lowest BCUT2D eigenvalue weighted by atomic mass is 10.0. The lowest BCUT2D eigenvalue weighted by molar-refractivity contribution is 0.642. The van der Waals surface area contributed by atoms with Crippen molar-refractivity contribution >= 4 is 17.0 Å². The molecule has 0 N–H and O–H groups in total. The Kier molecular flexibility index (Phi) is 3.05. The Hall–Kier alpha value is -0.900. The lowest BCUT2D eigenvalue weighted by Crippen LogP contribution is -2.14. The van der Waals surface area contributed by atoms with Gasteiger partial charge >= 0.3 is 0 Å². The van der Waals surface area contributed by atoms with Crippen molar-refractivity contribution in [1.29, 1.82) is 0 Å². The molecule has 0 bridgehead atoms. The summed E-state index contributed by atoms with van der Waals surface area (Å²) >= 11 is 1.79. The molecule has 0 aliphatic heterocycles. The highest BCUT2D eigenvalue weighted by Gasteiger charge is 2.14. The van der Waals surface area contributed by atoms with E-state index in [9.17, 15) is 0 Å². The molecule has 0 amide bonds. The summed E-state index contributed by atoms with van der Waals surface area (Å²) in [6, 6.07) is 0. The fourth-order valence-electron chi connectivity index (χ4n) is 1.85. The molecule has 4 heteroatoms. The van der Waals surface area contributed by atoms with Crippen molar-refractivity contribution in [2.75, 3.05) is 0 Å². The third-order valence-corrected chi connectivity index (χ3v) is 3.86. The number of rotatable bonds is 1. The monoisotopic (exact) mass is 223 g/mol. The number of aryl methyl sites for hydroxylation is 1. The Labute approximate surface area is 94.2 Å². The second-order valence-electron chi connectivity index (χ2n) is 4.17. The summed E-state index contributed by atoms with van der Waals surface area (Å²) in [4.78, 5) is 2.54. The van der Waals surface area contributed by atoms with Crippen LogP contribution in [0.3, 0.4) is 0 Å². The molecule has 3 nitrogen and oxygen atoms in total. The topological polar surface area (TPSA) is 29.6 Å². The number of hydrogen-bond donors (Lipinski definition) is 0. The fourth-order valence-corrected chi connectivity index (χ4v) is 3.00. The zero-order valence-electron chi connectivity index (χ0n) is 9.58. The quantitative estimate of drug-likeness (QED) is 0.516. The van der Waals surface area contributed by atoms with Crippen LogP contribution in [0, 0.1) is 0 Å². The zero-order valence-corrected chi connectivity index (χ0v) is 10.4. The summed E-state index contributed by atoms with van der Waals surface area (Å²) < 4.78 is 2.20. The van der Waals surface area contributed by atoms with Crippen LogP contribution in [0.5, 0.6) is 0 Å². The molecule has 1 aromatic rings. The summed E-state index contributed by atoms with van der Waals surface area (Å²) in [5, 5.41) is 8.41. The maximum absolute atomic E-state index is 4.28. The van der Waals surface area contributed by atoms with Gasteiger partial charge < -0.3 is 4.57 Å². The van der Waals surface area contributed by atoms with E-state index in [1.807, 2.05) is 13.8 Å². The van der Waals surface area contributed by atoms with Gasteiger partial charge in [0.1, 0.15) is 0 Å². The molecule has 1 aliphatic rings. The van der Waals surface area contributed by atoms with Crippen LogP contribution in [0.1, 0.15) is 37.3 Å². The Balaban J connectivity index is 2.46. The molecule has 2 rings (SSSR count). The number of fused-ring (bicyclic) bond motifs is 1. The average Bonchev–Trinajstić information content (AvgIpc) is 2.54. The first-order valence-electron chi connectivity index (χ1n) is 5.41. The van der Waals surface area contributed by atoms with Crippen LogP contribution in [-0.2, 0) is 19.9 Å². The van der Waals surface area contributed by atoms with Gasteiger partial charge in [0.05, 0.1) is 0 Å². The van der Waals surface area contributed by atoms with Gasteiger partial charge in [-0.3, -0.25) is 0 Å². The van der Waals surface area contributed by atoms with E-state index in [0.717, 1.165) is 10.5 Å². The van der Waals surface area contributed by atoms with Crippen molar-refractivity contribution in [2.45, 2.75) is 39.5 Å². The highest BCUT2D eigenvalue weighted by atomic mass is 32.1. The molecule has 0 atom stereocenters. The molecule has 0 radical (unpaired) electrons. The summed E-state index contributed by atoms with van der Waals surface area (Å²) in [7, 11) is 2.10. The molecule has 0 unspecified atom stereocenters. The molecular weight excluding hydrogens is 206 g/mol. The van der Waals surface area contributed by atoms with E-state index in [2.05, 4.69) is 21.8 Å². The molecule has 0 spiro atoms. The van der Waals surface area contributed by atoms with Gasteiger partial charge in [0.25, 0.3) is 0 Å². The van der Waals surface area contributed by atoms with E-state index in [-0.39, 0.29) is 0 Å².